The van der Waals surface area contributed by atoms with Crippen molar-refractivity contribution in [2.24, 2.45) is 0 Å². The molecule has 0 N–H and O–H groups in total. The summed E-state index contributed by atoms with van der Waals surface area (Å²) in [5.41, 5.74) is 1.36. The normalized spacial score (nSPS) is 11.3. The van der Waals surface area contributed by atoms with Crippen LogP contribution < -0.4 is 8.92 Å². The topological polar surface area (TPSA) is 52.6 Å². The van der Waals surface area contributed by atoms with Crippen molar-refractivity contribution in [3.8, 4) is 11.5 Å². The van der Waals surface area contributed by atoms with Gasteiger partial charge in [0.1, 0.15) is 17.3 Å². The Balaban J connectivity index is 2.46. The Labute approximate surface area is 133 Å². The maximum absolute atomic E-state index is 13.3. The molecule has 0 aliphatic heterocycles. The molecule has 4 nitrogen and oxygen atoms in total. The molecule has 0 saturated heterocycles. The van der Waals surface area contributed by atoms with Crippen LogP contribution >= 0.6 is 11.6 Å². The van der Waals surface area contributed by atoms with E-state index >= 15 is 0 Å². The monoisotopic (exact) mass is 344 g/mol. The summed E-state index contributed by atoms with van der Waals surface area (Å²) in [6, 6.07) is 6.18. The van der Waals surface area contributed by atoms with E-state index in [2.05, 4.69) is 0 Å². The molecule has 118 valence electrons. The van der Waals surface area contributed by atoms with E-state index in [0.29, 0.717) is 16.1 Å². The Kier molecular flexibility index (Phi) is 4.63. The van der Waals surface area contributed by atoms with Crippen molar-refractivity contribution in [3.63, 3.8) is 0 Å². The molecule has 0 saturated carbocycles. The second-order valence-corrected chi connectivity index (χ2v) is 6.60. The molecule has 0 heterocycles. The first-order valence-electron chi connectivity index (χ1n) is 6.29. The number of ether oxygens (including phenoxy) is 1. The van der Waals surface area contributed by atoms with Crippen LogP contribution in [0.2, 0.25) is 5.02 Å². The van der Waals surface area contributed by atoms with Crippen LogP contribution in [0.3, 0.4) is 0 Å². The van der Waals surface area contributed by atoms with Crippen LogP contribution in [0, 0.1) is 19.7 Å². The molecular formula is C15H14ClFO4S. The van der Waals surface area contributed by atoms with Crippen LogP contribution in [0.4, 0.5) is 4.39 Å². The van der Waals surface area contributed by atoms with Crippen molar-refractivity contribution in [3.05, 3.63) is 52.3 Å². The highest BCUT2D eigenvalue weighted by atomic mass is 35.5. The highest BCUT2D eigenvalue weighted by molar-refractivity contribution is 7.87. The molecule has 2 rings (SSSR count). The summed E-state index contributed by atoms with van der Waals surface area (Å²) >= 11 is 6.03. The van der Waals surface area contributed by atoms with E-state index < -0.39 is 15.9 Å². The summed E-state index contributed by atoms with van der Waals surface area (Å²) < 4.78 is 48.0. The summed E-state index contributed by atoms with van der Waals surface area (Å²) in [5.74, 6) is -0.596. The quantitative estimate of drug-likeness (QED) is 0.790. The van der Waals surface area contributed by atoms with E-state index in [1.807, 2.05) is 0 Å². The lowest BCUT2D eigenvalue weighted by atomic mass is 10.1. The zero-order valence-corrected chi connectivity index (χ0v) is 13.8. The Morgan fingerprint density at radius 3 is 2.23 bits per heavy atom. The zero-order valence-electron chi connectivity index (χ0n) is 12.2. The molecule has 0 fully saturated rings. The number of aryl methyl sites for hydroxylation is 2. The van der Waals surface area contributed by atoms with Crippen LogP contribution in [0.5, 0.6) is 11.5 Å². The molecule has 7 heteroatoms. The van der Waals surface area contributed by atoms with Crippen LogP contribution in [0.25, 0.3) is 0 Å². The molecule has 0 bridgehead atoms. The van der Waals surface area contributed by atoms with Gasteiger partial charge in [0.15, 0.2) is 4.90 Å². The summed E-state index contributed by atoms with van der Waals surface area (Å²) in [6.07, 6.45) is 0. The third-order valence-electron chi connectivity index (χ3n) is 3.01. The van der Waals surface area contributed by atoms with Crippen molar-refractivity contribution < 1.29 is 21.7 Å². The first-order valence-corrected chi connectivity index (χ1v) is 8.08. The molecule has 0 aliphatic carbocycles. The molecule has 2 aromatic carbocycles. The van der Waals surface area contributed by atoms with Gasteiger partial charge in [0.2, 0.25) is 0 Å². The molecule has 2 aromatic rings. The van der Waals surface area contributed by atoms with Gasteiger partial charge in [0, 0.05) is 5.02 Å². The van der Waals surface area contributed by atoms with Crippen LogP contribution in [-0.4, -0.2) is 15.5 Å². The number of methoxy groups -OCH3 is 1. The van der Waals surface area contributed by atoms with Crippen molar-refractivity contribution in [1.82, 2.24) is 0 Å². The van der Waals surface area contributed by atoms with Gasteiger partial charge >= 0.3 is 10.1 Å². The number of benzene rings is 2. The molecule has 0 aliphatic rings. The second-order valence-electron chi connectivity index (χ2n) is 4.70. The molecule has 0 aromatic heterocycles. The average molecular weight is 345 g/mol. The van der Waals surface area contributed by atoms with Crippen molar-refractivity contribution >= 4 is 21.7 Å². The Hall–Kier alpha value is -1.79. The first-order chi connectivity index (χ1) is 10.2. The fourth-order valence-corrected chi connectivity index (χ4v) is 3.17. The van der Waals surface area contributed by atoms with E-state index in [4.69, 9.17) is 20.5 Å². The predicted molar refractivity (Wildman–Crippen MR) is 81.7 cm³/mol. The van der Waals surface area contributed by atoms with E-state index in [-0.39, 0.29) is 16.4 Å². The molecule has 0 spiro atoms. The molecule has 22 heavy (non-hydrogen) atoms. The van der Waals surface area contributed by atoms with E-state index in [0.717, 1.165) is 12.1 Å². The number of halogens is 2. The van der Waals surface area contributed by atoms with Crippen molar-refractivity contribution in [2.45, 2.75) is 18.7 Å². The van der Waals surface area contributed by atoms with Crippen LogP contribution in [0.15, 0.2) is 35.2 Å². The molecule has 0 radical (unpaired) electrons. The second kappa shape index (κ2) is 6.14. The van der Waals surface area contributed by atoms with Gasteiger partial charge in [-0.15, -0.1) is 0 Å². The minimum absolute atomic E-state index is 0.00353. The van der Waals surface area contributed by atoms with Gasteiger partial charge in [-0.3, -0.25) is 0 Å². The standard InChI is InChI=1S/C15H14ClFO4S/c1-9-6-12(7-10(2)15(9)16)21-22(18,19)14-8-11(17)4-5-13(14)20-3/h4-8H,1-3H3. The summed E-state index contributed by atoms with van der Waals surface area (Å²) in [5, 5.41) is 0.535. The van der Waals surface area contributed by atoms with Crippen LogP contribution in [0.1, 0.15) is 11.1 Å². The predicted octanol–water partition coefficient (Wildman–Crippen LogP) is 3.87. The zero-order chi connectivity index (χ0) is 16.5. The summed E-state index contributed by atoms with van der Waals surface area (Å²) in [7, 11) is -2.94. The Bertz CT molecular complexity index is 795. The van der Waals surface area contributed by atoms with E-state index in [1.54, 1.807) is 13.8 Å². The number of hydrogen-bond acceptors (Lipinski definition) is 4. The fraction of sp³-hybridized carbons (Fsp3) is 0.200. The maximum atomic E-state index is 13.3. The van der Waals surface area contributed by atoms with E-state index in [9.17, 15) is 12.8 Å². The number of hydrogen-bond donors (Lipinski definition) is 0. The smallest absolute Gasteiger partial charge is 0.343 e. The van der Waals surface area contributed by atoms with Gasteiger partial charge in [-0.2, -0.15) is 8.42 Å². The highest BCUT2D eigenvalue weighted by Crippen LogP contribution is 2.30. The van der Waals surface area contributed by atoms with Gasteiger partial charge < -0.3 is 8.92 Å². The van der Waals surface area contributed by atoms with Gasteiger partial charge in [-0.05, 0) is 55.3 Å². The third-order valence-corrected chi connectivity index (χ3v) is 4.88. The van der Waals surface area contributed by atoms with Crippen molar-refractivity contribution in [2.75, 3.05) is 7.11 Å². The largest absolute Gasteiger partial charge is 0.495 e. The van der Waals surface area contributed by atoms with Crippen molar-refractivity contribution in [1.29, 1.82) is 0 Å². The third kappa shape index (κ3) is 3.34. The lowest BCUT2D eigenvalue weighted by Crippen LogP contribution is -2.12. The molecule has 0 amide bonds. The lowest BCUT2D eigenvalue weighted by molar-refractivity contribution is 0.396. The number of rotatable bonds is 4. The van der Waals surface area contributed by atoms with Gasteiger partial charge in [-0.1, -0.05) is 11.6 Å². The van der Waals surface area contributed by atoms with Gasteiger partial charge in [0.25, 0.3) is 0 Å². The minimum Gasteiger partial charge on any atom is -0.495 e. The first kappa shape index (κ1) is 16.6. The van der Waals surface area contributed by atoms with E-state index in [1.165, 1.54) is 25.3 Å². The fourth-order valence-electron chi connectivity index (χ4n) is 1.97. The molecular weight excluding hydrogens is 331 g/mol. The summed E-state index contributed by atoms with van der Waals surface area (Å²) in [4.78, 5) is -0.375. The Morgan fingerprint density at radius 1 is 1.09 bits per heavy atom. The van der Waals surface area contributed by atoms with Gasteiger partial charge in [0.05, 0.1) is 7.11 Å². The SMILES string of the molecule is COc1ccc(F)cc1S(=O)(=O)Oc1cc(C)c(Cl)c(C)c1. The molecule has 0 unspecified atom stereocenters. The highest BCUT2D eigenvalue weighted by Gasteiger charge is 2.23. The van der Waals surface area contributed by atoms with Crippen LogP contribution in [-0.2, 0) is 10.1 Å². The minimum atomic E-state index is -4.23. The maximum Gasteiger partial charge on any atom is 0.343 e. The average Bonchev–Trinajstić information content (AvgIpc) is 2.44. The lowest BCUT2D eigenvalue weighted by Gasteiger charge is -2.12. The van der Waals surface area contributed by atoms with Gasteiger partial charge in [-0.25, -0.2) is 4.39 Å². The molecule has 0 atom stereocenters. The summed E-state index contributed by atoms with van der Waals surface area (Å²) in [6.45, 7) is 3.47. The Morgan fingerprint density at radius 2 is 1.68 bits per heavy atom.